The van der Waals surface area contributed by atoms with Crippen molar-refractivity contribution in [3.05, 3.63) is 76.2 Å². The molecule has 0 radical (unpaired) electrons. The average Bonchev–Trinajstić information content (AvgIpc) is 2.88. The maximum atomic E-state index is 13.5. The van der Waals surface area contributed by atoms with Crippen LogP contribution in [-0.4, -0.2) is 51.4 Å². The zero-order valence-corrected chi connectivity index (χ0v) is 21.2. The summed E-state index contributed by atoms with van der Waals surface area (Å²) in [6.07, 6.45) is 0.926. The largest absolute Gasteiger partial charge is 0.497 e. The van der Waals surface area contributed by atoms with Gasteiger partial charge in [0.15, 0.2) is 0 Å². The molecule has 1 aromatic heterocycles. The third kappa shape index (κ3) is 4.62. The lowest BCUT2D eigenvalue weighted by Gasteiger charge is -2.44. The molecule has 1 saturated heterocycles. The smallest absolute Gasteiger partial charge is 0.335 e. The van der Waals surface area contributed by atoms with Crippen LogP contribution in [0, 0.1) is 5.92 Å². The molecule has 1 fully saturated rings. The van der Waals surface area contributed by atoms with Crippen molar-refractivity contribution in [2.45, 2.75) is 23.8 Å². The number of ether oxygens (including phenoxy) is 2. The van der Waals surface area contributed by atoms with Gasteiger partial charge in [0, 0.05) is 43.4 Å². The number of fused-ring (bicyclic) bond motifs is 4. The average molecular weight is 526 g/mol. The van der Waals surface area contributed by atoms with Crippen LogP contribution in [0.5, 0.6) is 11.5 Å². The van der Waals surface area contributed by atoms with Gasteiger partial charge in [-0.3, -0.25) is 9.52 Å². The topological polar surface area (TPSA) is 127 Å². The number of hydrogen-bond acceptors (Lipinski definition) is 7. The molecule has 11 heteroatoms. The van der Waals surface area contributed by atoms with E-state index in [2.05, 4.69) is 9.62 Å². The zero-order valence-electron chi connectivity index (χ0n) is 20.4. The van der Waals surface area contributed by atoms with E-state index in [0.29, 0.717) is 31.1 Å². The van der Waals surface area contributed by atoms with E-state index in [1.54, 1.807) is 24.3 Å². The van der Waals surface area contributed by atoms with Crippen molar-refractivity contribution in [2.75, 3.05) is 36.9 Å². The molecule has 2 N–H and O–H groups in total. The number of aromatic nitrogens is 1. The van der Waals surface area contributed by atoms with Crippen molar-refractivity contribution in [3.63, 3.8) is 0 Å². The van der Waals surface area contributed by atoms with Crippen LogP contribution >= 0.6 is 0 Å². The fourth-order valence-electron chi connectivity index (χ4n) is 5.31. The maximum Gasteiger partial charge on any atom is 0.335 e. The Morgan fingerprint density at radius 2 is 1.84 bits per heavy atom. The van der Waals surface area contributed by atoms with Crippen LogP contribution in [0.1, 0.15) is 28.4 Å². The van der Waals surface area contributed by atoms with Crippen LogP contribution in [0.15, 0.2) is 64.3 Å². The molecule has 0 aliphatic carbocycles. The van der Waals surface area contributed by atoms with E-state index in [1.807, 2.05) is 10.6 Å². The van der Waals surface area contributed by atoms with Crippen molar-refractivity contribution in [1.29, 1.82) is 0 Å². The number of carboxylic acid groups (broad SMARTS) is 1. The fraction of sp³-hybridized carbons (Fsp3) is 0.308. The van der Waals surface area contributed by atoms with Gasteiger partial charge in [-0.05, 0) is 48.7 Å². The second-order valence-electron chi connectivity index (χ2n) is 9.26. The van der Waals surface area contributed by atoms with E-state index in [1.165, 1.54) is 38.5 Å². The molecule has 0 spiro atoms. The van der Waals surface area contributed by atoms with Gasteiger partial charge in [-0.15, -0.1) is 0 Å². The van der Waals surface area contributed by atoms with Crippen LogP contribution in [-0.2, 0) is 16.6 Å². The van der Waals surface area contributed by atoms with Gasteiger partial charge in [0.2, 0.25) is 0 Å². The van der Waals surface area contributed by atoms with Gasteiger partial charge in [0.1, 0.15) is 16.4 Å². The van der Waals surface area contributed by atoms with Gasteiger partial charge in [0.25, 0.3) is 15.6 Å². The van der Waals surface area contributed by atoms with E-state index >= 15 is 0 Å². The van der Waals surface area contributed by atoms with Gasteiger partial charge in [-0.2, -0.15) is 0 Å². The summed E-state index contributed by atoms with van der Waals surface area (Å²) in [4.78, 5) is 26.0. The molecule has 10 nitrogen and oxygen atoms in total. The minimum absolute atomic E-state index is 0.0212. The minimum Gasteiger partial charge on any atom is -0.497 e. The summed E-state index contributed by atoms with van der Waals surface area (Å²) in [6, 6.07) is 14.1. The first-order chi connectivity index (χ1) is 17.7. The second kappa shape index (κ2) is 9.47. The van der Waals surface area contributed by atoms with Crippen LogP contribution in [0.3, 0.4) is 0 Å². The van der Waals surface area contributed by atoms with E-state index in [0.717, 1.165) is 12.1 Å². The Hall–Kier alpha value is -3.99. The van der Waals surface area contributed by atoms with Crippen LogP contribution in [0.2, 0.25) is 0 Å². The molecule has 37 heavy (non-hydrogen) atoms. The number of piperidine rings is 1. The van der Waals surface area contributed by atoms with E-state index in [9.17, 15) is 23.1 Å². The Bertz CT molecular complexity index is 1530. The summed E-state index contributed by atoms with van der Waals surface area (Å²) in [5.74, 6) is -0.441. The summed E-state index contributed by atoms with van der Waals surface area (Å²) >= 11 is 0. The molecular formula is C26H27N3O7S. The Kier molecular flexibility index (Phi) is 6.32. The van der Waals surface area contributed by atoms with Gasteiger partial charge < -0.3 is 24.0 Å². The lowest BCUT2D eigenvalue weighted by atomic mass is 9.83. The molecule has 0 saturated carbocycles. The molecule has 0 unspecified atom stereocenters. The molecule has 2 aliphatic heterocycles. The molecule has 3 aromatic rings. The first-order valence-corrected chi connectivity index (χ1v) is 13.3. The Labute approximate surface area is 214 Å². The van der Waals surface area contributed by atoms with Crippen LogP contribution in [0.4, 0.5) is 11.4 Å². The summed E-state index contributed by atoms with van der Waals surface area (Å²) in [5.41, 5.74) is 1.60. The van der Waals surface area contributed by atoms with Crippen molar-refractivity contribution < 1.29 is 27.8 Å². The number of aromatic carboxylic acids is 1. The quantitative estimate of drug-likeness (QED) is 0.482. The van der Waals surface area contributed by atoms with E-state index < -0.39 is 16.0 Å². The second-order valence-corrected chi connectivity index (χ2v) is 10.9. The normalized spacial score (nSPS) is 18.6. The van der Waals surface area contributed by atoms with Crippen molar-refractivity contribution in [3.8, 4) is 11.5 Å². The number of rotatable bonds is 7. The fourth-order valence-corrected chi connectivity index (χ4v) is 6.56. The summed E-state index contributed by atoms with van der Waals surface area (Å²) < 4.78 is 41.9. The molecule has 2 atom stereocenters. The Balaban J connectivity index is 1.54. The minimum atomic E-state index is -4.19. The molecule has 0 amide bonds. The number of methoxy groups -OCH3 is 2. The highest BCUT2D eigenvalue weighted by molar-refractivity contribution is 7.92. The maximum absolute atomic E-state index is 13.5. The summed E-state index contributed by atoms with van der Waals surface area (Å²) in [5, 5.41) is 9.58. The first-order valence-electron chi connectivity index (χ1n) is 11.8. The monoisotopic (exact) mass is 525 g/mol. The van der Waals surface area contributed by atoms with Crippen molar-refractivity contribution in [2.24, 2.45) is 5.92 Å². The number of benzene rings is 2. The van der Waals surface area contributed by atoms with Gasteiger partial charge in [0.05, 0.1) is 31.2 Å². The highest BCUT2D eigenvalue weighted by atomic mass is 32.2. The lowest BCUT2D eigenvalue weighted by Crippen LogP contribution is -2.47. The number of sulfonamides is 1. The molecule has 194 valence electrons. The highest BCUT2D eigenvalue weighted by Gasteiger charge is 2.35. The standard InChI is InChI=1S/C26H27N3O7S/c1-35-19-7-9-23(36-2)24(12-19)37(33,34)27-20-11-17(26(31)32)6-8-22(20)28-13-16-10-18(15-28)21-4-3-5-25(30)29(21)14-16/h3-9,11-12,16,18,27H,10,13-15H2,1-2H3,(H,31,32)/t16-,18+/m1/s1. The van der Waals surface area contributed by atoms with E-state index in [-0.39, 0.29) is 39.3 Å². The number of nitrogens with one attached hydrogen (secondary N) is 1. The van der Waals surface area contributed by atoms with Crippen LogP contribution < -0.4 is 24.7 Å². The SMILES string of the molecule is COc1ccc(OC)c(S(=O)(=O)Nc2cc(C(=O)O)ccc2N2C[C@H]3C[C@@H](C2)c2cccc(=O)n2C3)c1. The summed E-state index contributed by atoms with van der Waals surface area (Å²) in [6.45, 7) is 1.74. The van der Waals surface area contributed by atoms with Gasteiger partial charge >= 0.3 is 5.97 Å². The molecule has 2 aromatic carbocycles. The highest BCUT2D eigenvalue weighted by Crippen LogP contribution is 2.40. The molecule has 2 bridgehead atoms. The van der Waals surface area contributed by atoms with Crippen LogP contribution in [0.25, 0.3) is 0 Å². The molecular weight excluding hydrogens is 498 g/mol. The van der Waals surface area contributed by atoms with E-state index in [4.69, 9.17) is 9.47 Å². The Morgan fingerprint density at radius 3 is 2.57 bits per heavy atom. The number of pyridine rings is 1. The predicted molar refractivity (Wildman–Crippen MR) is 138 cm³/mol. The number of hydrogen-bond donors (Lipinski definition) is 2. The number of anilines is 2. The van der Waals surface area contributed by atoms with Gasteiger partial charge in [-0.1, -0.05) is 6.07 Å². The molecule has 5 rings (SSSR count). The number of carbonyl (C=O) groups is 1. The number of nitrogens with zero attached hydrogens (tertiary/aromatic N) is 2. The van der Waals surface area contributed by atoms with Crippen molar-refractivity contribution >= 4 is 27.4 Å². The predicted octanol–water partition coefficient (Wildman–Crippen LogP) is 2.99. The number of carboxylic acids is 1. The Morgan fingerprint density at radius 1 is 1.03 bits per heavy atom. The molecule has 3 heterocycles. The lowest BCUT2D eigenvalue weighted by molar-refractivity contribution is 0.0697. The molecule has 2 aliphatic rings. The summed E-state index contributed by atoms with van der Waals surface area (Å²) in [7, 11) is -1.39. The third-order valence-corrected chi connectivity index (χ3v) is 8.36. The third-order valence-electron chi connectivity index (χ3n) is 6.97. The van der Waals surface area contributed by atoms with Gasteiger partial charge in [-0.25, -0.2) is 13.2 Å². The van der Waals surface area contributed by atoms with Crippen molar-refractivity contribution in [1.82, 2.24) is 4.57 Å². The first kappa shape index (κ1) is 24.7. The zero-order chi connectivity index (χ0) is 26.3.